The number of alkyl carbamates (subject to hydrolysis) is 1. The van der Waals surface area contributed by atoms with Crippen LogP contribution in [0.1, 0.15) is 65.2 Å². The van der Waals surface area contributed by atoms with E-state index >= 15 is 0 Å². The fraction of sp³-hybridized carbons (Fsp3) is 0.733. The van der Waals surface area contributed by atoms with Crippen LogP contribution in [0.15, 0.2) is 12.5 Å². The quantitative estimate of drug-likeness (QED) is 0.918. The lowest BCUT2D eigenvalue weighted by molar-refractivity contribution is 0.0500. The van der Waals surface area contributed by atoms with E-state index in [0.717, 1.165) is 12.1 Å². The number of rotatable bonds is 4. The smallest absolute Gasteiger partial charge is 0.408 e. The minimum absolute atomic E-state index is 0.0554. The van der Waals surface area contributed by atoms with Crippen molar-refractivity contribution in [2.75, 3.05) is 0 Å². The first-order valence-electron chi connectivity index (χ1n) is 7.33. The number of ether oxygens (including phenoxy) is 1. The maximum absolute atomic E-state index is 11.9. The molecule has 5 heteroatoms. The number of hydrogen-bond acceptors (Lipinski definition) is 3. The van der Waals surface area contributed by atoms with E-state index in [1.165, 1.54) is 6.42 Å². The summed E-state index contributed by atoms with van der Waals surface area (Å²) in [6.07, 6.45) is 5.33. The highest BCUT2D eigenvalue weighted by atomic mass is 16.6. The normalized spacial score (nSPS) is 23.2. The summed E-state index contributed by atoms with van der Waals surface area (Å²) in [5.41, 5.74) is 0.584. The molecular formula is C15H25N3O2. The summed E-state index contributed by atoms with van der Waals surface area (Å²) in [5, 5.41) is 2.94. The van der Waals surface area contributed by atoms with Crippen molar-refractivity contribution in [2.24, 2.45) is 5.92 Å². The predicted octanol–water partition coefficient (Wildman–Crippen LogP) is 3.44. The molecule has 112 valence electrons. The van der Waals surface area contributed by atoms with Gasteiger partial charge in [0.2, 0.25) is 0 Å². The zero-order valence-corrected chi connectivity index (χ0v) is 13.0. The average molecular weight is 279 g/mol. The number of nitrogens with zero attached hydrogens (tertiary/aromatic N) is 2. The van der Waals surface area contributed by atoms with Gasteiger partial charge in [-0.05, 0) is 39.5 Å². The first-order chi connectivity index (χ1) is 9.31. The first-order valence-corrected chi connectivity index (χ1v) is 7.33. The maximum Gasteiger partial charge on any atom is 0.408 e. The molecule has 0 saturated heterocycles. The van der Waals surface area contributed by atoms with Gasteiger partial charge >= 0.3 is 6.09 Å². The van der Waals surface area contributed by atoms with Crippen molar-refractivity contribution in [3.05, 3.63) is 18.2 Å². The van der Waals surface area contributed by atoms with Gasteiger partial charge in [-0.2, -0.15) is 0 Å². The van der Waals surface area contributed by atoms with Crippen LogP contribution in [-0.2, 0) is 4.74 Å². The van der Waals surface area contributed by atoms with E-state index in [0.29, 0.717) is 12.0 Å². The molecule has 2 unspecified atom stereocenters. The van der Waals surface area contributed by atoms with Gasteiger partial charge in [0.25, 0.3) is 0 Å². The molecule has 1 aromatic rings. The van der Waals surface area contributed by atoms with Gasteiger partial charge in [0.15, 0.2) is 0 Å². The Labute approximate surface area is 120 Å². The predicted molar refractivity (Wildman–Crippen MR) is 77.4 cm³/mol. The SMILES string of the molecule is CC[C@@H](NC(=O)OC(C)(C)C)c1cncn1C1CC1C. The third kappa shape index (κ3) is 3.52. The van der Waals surface area contributed by atoms with Gasteiger partial charge in [-0.25, -0.2) is 9.78 Å². The molecule has 1 aliphatic rings. The molecule has 1 saturated carbocycles. The highest BCUT2D eigenvalue weighted by Crippen LogP contribution is 2.44. The molecule has 1 aliphatic carbocycles. The Balaban J connectivity index is 2.05. The van der Waals surface area contributed by atoms with Gasteiger partial charge in [0.1, 0.15) is 5.60 Å². The van der Waals surface area contributed by atoms with E-state index in [1.807, 2.05) is 33.3 Å². The van der Waals surface area contributed by atoms with Crippen LogP contribution in [-0.4, -0.2) is 21.2 Å². The van der Waals surface area contributed by atoms with E-state index in [-0.39, 0.29) is 12.1 Å². The van der Waals surface area contributed by atoms with Crippen molar-refractivity contribution >= 4 is 6.09 Å². The van der Waals surface area contributed by atoms with E-state index in [2.05, 4.69) is 28.7 Å². The van der Waals surface area contributed by atoms with Gasteiger partial charge in [0.05, 0.1) is 24.3 Å². The molecule has 2 rings (SSSR count). The standard InChI is InChI=1S/C15H25N3O2/c1-6-11(17-14(19)20-15(3,4)5)13-8-16-9-18(13)12-7-10(12)2/h8-12H,6-7H2,1-5H3,(H,17,19)/t10?,11-,12?/m1/s1. The zero-order chi connectivity index (χ0) is 14.9. The second kappa shape index (κ2) is 5.46. The zero-order valence-electron chi connectivity index (χ0n) is 13.0. The molecule has 0 radical (unpaired) electrons. The van der Waals surface area contributed by atoms with Gasteiger partial charge in [-0.1, -0.05) is 13.8 Å². The molecule has 1 fully saturated rings. The van der Waals surface area contributed by atoms with E-state index in [9.17, 15) is 4.79 Å². The Hall–Kier alpha value is -1.52. The third-order valence-electron chi connectivity index (χ3n) is 3.58. The summed E-state index contributed by atoms with van der Waals surface area (Å²) in [5.74, 6) is 0.696. The van der Waals surface area contributed by atoms with Crippen LogP contribution in [0.4, 0.5) is 4.79 Å². The highest BCUT2D eigenvalue weighted by Gasteiger charge is 2.36. The first kappa shape index (κ1) is 14.9. The summed E-state index contributed by atoms with van der Waals surface area (Å²) in [7, 11) is 0. The monoisotopic (exact) mass is 279 g/mol. The van der Waals surface area contributed by atoms with Gasteiger partial charge in [-0.15, -0.1) is 0 Å². The average Bonchev–Trinajstić information content (AvgIpc) is 2.87. The van der Waals surface area contributed by atoms with E-state index < -0.39 is 5.60 Å². The Morgan fingerprint density at radius 2 is 2.25 bits per heavy atom. The summed E-state index contributed by atoms with van der Waals surface area (Å²) >= 11 is 0. The number of imidazole rings is 1. The van der Waals surface area contributed by atoms with Gasteiger partial charge < -0.3 is 14.6 Å². The fourth-order valence-electron chi connectivity index (χ4n) is 2.39. The second-order valence-electron chi connectivity index (χ2n) is 6.61. The van der Waals surface area contributed by atoms with Crippen molar-refractivity contribution in [1.29, 1.82) is 0 Å². The summed E-state index contributed by atoms with van der Waals surface area (Å²) in [4.78, 5) is 16.2. The highest BCUT2D eigenvalue weighted by molar-refractivity contribution is 5.68. The van der Waals surface area contributed by atoms with Crippen molar-refractivity contribution in [2.45, 2.75) is 65.1 Å². The maximum atomic E-state index is 11.9. The second-order valence-corrected chi connectivity index (χ2v) is 6.61. The Morgan fingerprint density at radius 3 is 2.75 bits per heavy atom. The van der Waals surface area contributed by atoms with Gasteiger partial charge in [-0.3, -0.25) is 0 Å². The number of aromatic nitrogens is 2. The molecule has 20 heavy (non-hydrogen) atoms. The van der Waals surface area contributed by atoms with Crippen LogP contribution in [0.25, 0.3) is 0 Å². The van der Waals surface area contributed by atoms with E-state index in [1.54, 1.807) is 0 Å². The number of hydrogen-bond donors (Lipinski definition) is 1. The van der Waals surface area contributed by atoms with Gasteiger partial charge in [0, 0.05) is 6.04 Å². The summed E-state index contributed by atoms with van der Waals surface area (Å²) in [6.45, 7) is 9.88. The summed E-state index contributed by atoms with van der Waals surface area (Å²) in [6, 6.07) is 0.474. The molecule has 0 spiro atoms. The van der Waals surface area contributed by atoms with E-state index in [4.69, 9.17) is 4.74 Å². The van der Waals surface area contributed by atoms with Crippen LogP contribution in [0.5, 0.6) is 0 Å². The van der Waals surface area contributed by atoms with Crippen LogP contribution < -0.4 is 5.32 Å². The molecule has 1 amide bonds. The molecule has 5 nitrogen and oxygen atoms in total. The molecule has 1 N–H and O–H groups in total. The lowest BCUT2D eigenvalue weighted by Crippen LogP contribution is -2.35. The van der Waals surface area contributed by atoms with Crippen LogP contribution in [0.3, 0.4) is 0 Å². The number of amides is 1. The number of nitrogens with one attached hydrogen (secondary N) is 1. The Morgan fingerprint density at radius 1 is 1.60 bits per heavy atom. The molecule has 0 bridgehead atoms. The third-order valence-corrected chi connectivity index (χ3v) is 3.58. The van der Waals surface area contributed by atoms with Crippen LogP contribution in [0, 0.1) is 5.92 Å². The lowest BCUT2D eigenvalue weighted by atomic mass is 10.1. The van der Waals surface area contributed by atoms with Crippen LogP contribution in [0.2, 0.25) is 0 Å². The molecule has 3 atom stereocenters. The Kier molecular flexibility index (Phi) is 4.06. The number of carbonyl (C=O) groups is 1. The minimum Gasteiger partial charge on any atom is -0.444 e. The lowest BCUT2D eigenvalue weighted by Gasteiger charge is -2.23. The van der Waals surface area contributed by atoms with Crippen molar-refractivity contribution in [3.8, 4) is 0 Å². The van der Waals surface area contributed by atoms with Crippen LogP contribution >= 0.6 is 0 Å². The topological polar surface area (TPSA) is 56.1 Å². The van der Waals surface area contributed by atoms with Crippen molar-refractivity contribution in [1.82, 2.24) is 14.9 Å². The summed E-state index contributed by atoms with van der Waals surface area (Å²) < 4.78 is 7.52. The molecule has 0 aliphatic heterocycles. The number of carbonyl (C=O) groups excluding carboxylic acids is 1. The molecule has 1 heterocycles. The Bertz CT molecular complexity index is 476. The largest absolute Gasteiger partial charge is 0.444 e. The molecule has 0 aromatic carbocycles. The van der Waals surface area contributed by atoms with Crippen molar-refractivity contribution < 1.29 is 9.53 Å². The minimum atomic E-state index is -0.479. The van der Waals surface area contributed by atoms with Crippen molar-refractivity contribution in [3.63, 3.8) is 0 Å². The molecule has 1 aromatic heterocycles. The fourth-order valence-corrected chi connectivity index (χ4v) is 2.39. The molecular weight excluding hydrogens is 254 g/mol.